The Labute approximate surface area is 83.9 Å². The van der Waals surface area contributed by atoms with E-state index in [9.17, 15) is 8.42 Å². The summed E-state index contributed by atoms with van der Waals surface area (Å²) in [5.74, 6) is 1.13. The van der Waals surface area contributed by atoms with Crippen LogP contribution in [0.4, 0.5) is 0 Å². The average Bonchev–Trinajstić information content (AvgIpc) is 2.55. The lowest BCUT2D eigenvalue weighted by Gasteiger charge is -2.25. The van der Waals surface area contributed by atoms with Crippen LogP contribution in [0.15, 0.2) is 5.10 Å². The van der Waals surface area contributed by atoms with Crippen LogP contribution in [-0.4, -0.2) is 42.9 Å². The summed E-state index contributed by atoms with van der Waals surface area (Å²) < 4.78 is 22.6. The zero-order chi connectivity index (χ0) is 10.3. The fourth-order valence-corrected chi connectivity index (χ4v) is 3.81. The Balaban J connectivity index is 2.11. The van der Waals surface area contributed by atoms with E-state index in [1.807, 2.05) is 11.9 Å². The molecule has 80 valence electrons. The first-order valence-corrected chi connectivity index (χ1v) is 6.62. The number of nitrogens with two attached hydrogens (primary N) is 1. The van der Waals surface area contributed by atoms with Gasteiger partial charge >= 0.3 is 0 Å². The largest absolute Gasteiger partial charge is 0.386 e. The van der Waals surface area contributed by atoms with Crippen LogP contribution in [0.3, 0.4) is 0 Å². The van der Waals surface area contributed by atoms with Crippen LogP contribution in [0.1, 0.15) is 19.8 Å². The van der Waals surface area contributed by atoms with E-state index in [0.717, 1.165) is 6.42 Å². The highest BCUT2D eigenvalue weighted by Crippen LogP contribution is 2.24. The van der Waals surface area contributed by atoms with Crippen molar-refractivity contribution in [3.8, 4) is 0 Å². The average molecular weight is 217 g/mol. The Morgan fingerprint density at radius 1 is 1.57 bits per heavy atom. The molecule has 6 heteroatoms. The summed E-state index contributed by atoms with van der Waals surface area (Å²) in [5, 5.41) is 6.04. The molecule has 2 aliphatic rings. The molecule has 0 aromatic rings. The normalized spacial score (nSPS) is 36.1. The molecule has 2 unspecified atom stereocenters. The highest BCUT2D eigenvalue weighted by Gasteiger charge is 2.36. The maximum Gasteiger partial charge on any atom is 0.152 e. The van der Waals surface area contributed by atoms with Gasteiger partial charge in [0, 0.05) is 6.42 Å². The van der Waals surface area contributed by atoms with Crippen molar-refractivity contribution in [1.29, 1.82) is 0 Å². The molecular weight excluding hydrogens is 202 g/mol. The lowest BCUT2D eigenvalue weighted by Crippen LogP contribution is -2.35. The molecule has 14 heavy (non-hydrogen) atoms. The molecule has 2 aliphatic heterocycles. The van der Waals surface area contributed by atoms with Crippen LogP contribution in [0, 0.1) is 0 Å². The quantitative estimate of drug-likeness (QED) is 0.645. The van der Waals surface area contributed by atoms with Crippen LogP contribution in [-0.2, 0) is 9.84 Å². The maximum absolute atomic E-state index is 11.3. The summed E-state index contributed by atoms with van der Waals surface area (Å²) in [4.78, 5) is 0. The minimum absolute atomic E-state index is 0.0380. The molecule has 0 aromatic carbocycles. The third-order valence-corrected chi connectivity index (χ3v) is 4.53. The molecule has 5 nitrogen and oxygen atoms in total. The standard InChI is InChI=1S/C8H15N3O2S/c1-6-4-8(9)10-11(6)7-2-3-14(12,13)5-7/h6-7H,2-5H2,1H3,(H2,9,10). The van der Waals surface area contributed by atoms with E-state index in [4.69, 9.17) is 5.73 Å². The zero-order valence-electron chi connectivity index (χ0n) is 8.18. The van der Waals surface area contributed by atoms with E-state index < -0.39 is 9.84 Å². The lowest BCUT2D eigenvalue weighted by molar-refractivity contribution is 0.186. The highest BCUT2D eigenvalue weighted by molar-refractivity contribution is 7.91. The van der Waals surface area contributed by atoms with Gasteiger partial charge in [0.1, 0.15) is 5.84 Å². The molecule has 0 aliphatic carbocycles. The zero-order valence-corrected chi connectivity index (χ0v) is 9.00. The SMILES string of the molecule is CC1CC(N)=NN1C1CCS(=O)(=O)C1. The second-order valence-corrected chi connectivity index (χ2v) is 6.31. The second-order valence-electron chi connectivity index (χ2n) is 4.08. The van der Waals surface area contributed by atoms with Crippen molar-refractivity contribution < 1.29 is 8.42 Å². The van der Waals surface area contributed by atoms with Crippen molar-refractivity contribution in [2.45, 2.75) is 31.8 Å². The molecule has 0 aromatic heterocycles. The Kier molecular flexibility index (Phi) is 2.17. The van der Waals surface area contributed by atoms with E-state index in [0.29, 0.717) is 12.3 Å². The van der Waals surface area contributed by atoms with Gasteiger partial charge in [0.2, 0.25) is 0 Å². The van der Waals surface area contributed by atoms with Crippen molar-refractivity contribution in [2.24, 2.45) is 10.8 Å². The molecule has 0 radical (unpaired) electrons. The maximum atomic E-state index is 11.3. The van der Waals surface area contributed by atoms with Crippen molar-refractivity contribution in [3.63, 3.8) is 0 Å². The van der Waals surface area contributed by atoms with E-state index in [-0.39, 0.29) is 23.6 Å². The molecule has 0 bridgehead atoms. The fraction of sp³-hybridized carbons (Fsp3) is 0.875. The van der Waals surface area contributed by atoms with Gasteiger partial charge in [-0.15, -0.1) is 0 Å². The second kappa shape index (κ2) is 3.12. The number of hydrazone groups is 1. The van der Waals surface area contributed by atoms with Gasteiger partial charge in [0.15, 0.2) is 9.84 Å². The number of hydrogen-bond acceptors (Lipinski definition) is 5. The Hall–Kier alpha value is -0.780. The molecule has 0 amide bonds. The van der Waals surface area contributed by atoms with Crippen molar-refractivity contribution in [2.75, 3.05) is 11.5 Å². The molecule has 0 saturated carbocycles. The Morgan fingerprint density at radius 2 is 2.29 bits per heavy atom. The van der Waals surface area contributed by atoms with E-state index >= 15 is 0 Å². The first kappa shape index (κ1) is 9.76. The molecule has 1 fully saturated rings. The van der Waals surface area contributed by atoms with Crippen LogP contribution < -0.4 is 5.73 Å². The number of hydrogen-bond donors (Lipinski definition) is 1. The van der Waals surface area contributed by atoms with Crippen LogP contribution in [0.2, 0.25) is 0 Å². The molecule has 0 spiro atoms. The summed E-state index contributed by atoms with van der Waals surface area (Å²) in [5.41, 5.74) is 5.61. The van der Waals surface area contributed by atoms with Gasteiger partial charge in [0.25, 0.3) is 0 Å². The van der Waals surface area contributed by atoms with E-state index in [1.165, 1.54) is 0 Å². The molecule has 2 rings (SSSR count). The van der Waals surface area contributed by atoms with Crippen molar-refractivity contribution in [1.82, 2.24) is 5.01 Å². The monoisotopic (exact) mass is 217 g/mol. The first-order valence-electron chi connectivity index (χ1n) is 4.80. The molecule has 1 saturated heterocycles. The Morgan fingerprint density at radius 3 is 2.71 bits per heavy atom. The minimum Gasteiger partial charge on any atom is -0.386 e. The van der Waals surface area contributed by atoms with Crippen LogP contribution in [0.25, 0.3) is 0 Å². The van der Waals surface area contributed by atoms with Gasteiger partial charge in [-0.05, 0) is 13.3 Å². The number of nitrogens with zero attached hydrogens (tertiary/aromatic N) is 2. The molecule has 2 atom stereocenters. The van der Waals surface area contributed by atoms with Gasteiger partial charge in [-0.1, -0.05) is 0 Å². The first-order chi connectivity index (χ1) is 6.48. The van der Waals surface area contributed by atoms with Crippen molar-refractivity contribution >= 4 is 15.7 Å². The van der Waals surface area contributed by atoms with Gasteiger partial charge in [-0.25, -0.2) is 8.42 Å². The van der Waals surface area contributed by atoms with Gasteiger partial charge in [-0.3, -0.25) is 5.01 Å². The Bertz CT molecular complexity index is 363. The topological polar surface area (TPSA) is 75.8 Å². The van der Waals surface area contributed by atoms with Gasteiger partial charge < -0.3 is 5.73 Å². The fourth-order valence-electron chi connectivity index (χ4n) is 2.11. The predicted octanol–water partition coefficient (Wildman–Crippen LogP) is -0.460. The third-order valence-electron chi connectivity index (χ3n) is 2.78. The van der Waals surface area contributed by atoms with Crippen molar-refractivity contribution in [3.05, 3.63) is 0 Å². The highest BCUT2D eigenvalue weighted by atomic mass is 32.2. The van der Waals surface area contributed by atoms with E-state index in [2.05, 4.69) is 5.10 Å². The van der Waals surface area contributed by atoms with Crippen LogP contribution in [0.5, 0.6) is 0 Å². The number of rotatable bonds is 1. The summed E-state index contributed by atoms with van der Waals surface area (Å²) in [6, 6.07) is 0.282. The minimum atomic E-state index is -2.83. The lowest BCUT2D eigenvalue weighted by atomic mass is 10.2. The molecule has 2 heterocycles. The van der Waals surface area contributed by atoms with Gasteiger partial charge in [-0.2, -0.15) is 5.10 Å². The van der Waals surface area contributed by atoms with Crippen LogP contribution >= 0.6 is 0 Å². The summed E-state index contributed by atoms with van der Waals surface area (Å²) in [7, 11) is -2.83. The summed E-state index contributed by atoms with van der Waals surface area (Å²) in [6.07, 6.45) is 1.43. The smallest absolute Gasteiger partial charge is 0.152 e. The summed E-state index contributed by atoms with van der Waals surface area (Å²) in [6.45, 7) is 2.02. The number of amidine groups is 1. The van der Waals surface area contributed by atoms with E-state index in [1.54, 1.807) is 0 Å². The third kappa shape index (κ3) is 1.70. The molecular formula is C8H15N3O2S. The predicted molar refractivity (Wildman–Crippen MR) is 54.6 cm³/mol. The summed E-state index contributed by atoms with van der Waals surface area (Å²) >= 11 is 0. The molecule has 2 N–H and O–H groups in total. The van der Waals surface area contributed by atoms with Gasteiger partial charge in [0.05, 0.1) is 23.6 Å². The number of sulfone groups is 1.